The second-order valence-corrected chi connectivity index (χ2v) is 5.24. The van der Waals surface area contributed by atoms with Gasteiger partial charge in [-0.3, -0.25) is 0 Å². The highest BCUT2D eigenvalue weighted by Crippen LogP contribution is 2.36. The van der Waals surface area contributed by atoms with E-state index >= 15 is 0 Å². The van der Waals surface area contributed by atoms with Crippen LogP contribution >= 0.6 is 15.9 Å². The van der Waals surface area contributed by atoms with Crippen LogP contribution in [-0.4, -0.2) is 4.83 Å². The molecular formula is C10H19Br. The van der Waals surface area contributed by atoms with Crippen molar-refractivity contribution in [2.45, 2.75) is 50.8 Å². The third-order valence-corrected chi connectivity index (χ3v) is 3.76. The van der Waals surface area contributed by atoms with Gasteiger partial charge in [0.2, 0.25) is 0 Å². The molecule has 3 atom stereocenters. The monoisotopic (exact) mass is 218 g/mol. The molecule has 1 heteroatoms. The highest BCUT2D eigenvalue weighted by atomic mass is 79.9. The van der Waals surface area contributed by atoms with Crippen molar-refractivity contribution in [3.63, 3.8) is 0 Å². The van der Waals surface area contributed by atoms with Crippen LogP contribution in [-0.2, 0) is 0 Å². The van der Waals surface area contributed by atoms with Gasteiger partial charge in [0.15, 0.2) is 0 Å². The molecule has 0 bridgehead atoms. The van der Waals surface area contributed by atoms with E-state index in [4.69, 9.17) is 0 Å². The minimum absolute atomic E-state index is 0.729. The zero-order chi connectivity index (χ0) is 8.27. The maximum atomic E-state index is 3.72. The molecule has 3 unspecified atom stereocenters. The first-order valence-electron chi connectivity index (χ1n) is 4.89. The largest absolute Gasteiger partial charge is 0.0891 e. The van der Waals surface area contributed by atoms with Gasteiger partial charge in [-0.25, -0.2) is 0 Å². The van der Waals surface area contributed by atoms with E-state index in [9.17, 15) is 0 Å². The van der Waals surface area contributed by atoms with Crippen LogP contribution in [0, 0.1) is 11.8 Å². The molecule has 11 heavy (non-hydrogen) atoms. The molecule has 1 aliphatic carbocycles. The molecule has 1 fully saturated rings. The zero-order valence-electron chi connectivity index (χ0n) is 7.65. The van der Waals surface area contributed by atoms with Gasteiger partial charge in [-0.05, 0) is 18.3 Å². The molecule has 0 radical (unpaired) electrons. The van der Waals surface area contributed by atoms with Crippen molar-refractivity contribution in [1.29, 1.82) is 0 Å². The van der Waals surface area contributed by atoms with Crippen LogP contribution in [0.3, 0.4) is 0 Å². The van der Waals surface area contributed by atoms with E-state index in [-0.39, 0.29) is 0 Å². The molecule has 0 saturated heterocycles. The molecule has 0 aromatic carbocycles. The molecule has 0 heterocycles. The van der Waals surface area contributed by atoms with E-state index in [2.05, 4.69) is 29.8 Å². The van der Waals surface area contributed by atoms with Gasteiger partial charge in [0.1, 0.15) is 0 Å². The summed E-state index contributed by atoms with van der Waals surface area (Å²) >= 11 is 3.72. The summed E-state index contributed by atoms with van der Waals surface area (Å²) in [6, 6.07) is 0. The van der Waals surface area contributed by atoms with E-state index in [1.54, 1.807) is 0 Å². The fraction of sp³-hybridized carbons (Fsp3) is 1.00. The molecule has 1 saturated carbocycles. The SMILES string of the molecule is CCC1CCCCC1C(C)Br. The molecular weight excluding hydrogens is 200 g/mol. The summed E-state index contributed by atoms with van der Waals surface area (Å²) in [7, 11) is 0. The predicted octanol–water partition coefficient (Wildman–Crippen LogP) is 3.99. The Kier molecular flexibility index (Phi) is 3.91. The highest BCUT2D eigenvalue weighted by Gasteiger charge is 2.26. The van der Waals surface area contributed by atoms with Crippen LogP contribution in [0.2, 0.25) is 0 Å². The normalized spacial score (nSPS) is 35.2. The number of rotatable bonds is 2. The minimum atomic E-state index is 0.729. The van der Waals surface area contributed by atoms with Gasteiger partial charge in [0.25, 0.3) is 0 Å². The average molecular weight is 219 g/mol. The Bertz CT molecular complexity index is 109. The van der Waals surface area contributed by atoms with Crippen LogP contribution in [0.5, 0.6) is 0 Å². The summed E-state index contributed by atoms with van der Waals surface area (Å²) in [6.07, 6.45) is 7.22. The second-order valence-electron chi connectivity index (χ2n) is 3.79. The van der Waals surface area contributed by atoms with Gasteiger partial charge >= 0.3 is 0 Å². The Hall–Kier alpha value is 0.480. The second kappa shape index (κ2) is 4.49. The molecule has 0 amide bonds. The quantitative estimate of drug-likeness (QED) is 0.616. The molecule has 0 N–H and O–H groups in total. The van der Waals surface area contributed by atoms with Gasteiger partial charge in [-0.15, -0.1) is 0 Å². The summed E-state index contributed by atoms with van der Waals surface area (Å²) in [6.45, 7) is 4.64. The molecule has 0 aliphatic heterocycles. The number of halogens is 1. The van der Waals surface area contributed by atoms with Gasteiger partial charge in [0, 0.05) is 4.83 Å². The molecule has 66 valence electrons. The Labute approximate surface area is 78.9 Å². The smallest absolute Gasteiger partial charge is 0.0148 e. The summed E-state index contributed by atoms with van der Waals surface area (Å²) in [5.74, 6) is 1.95. The summed E-state index contributed by atoms with van der Waals surface area (Å²) in [5.41, 5.74) is 0. The molecule has 0 nitrogen and oxygen atoms in total. The van der Waals surface area contributed by atoms with Crippen LogP contribution < -0.4 is 0 Å². The molecule has 1 aliphatic rings. The first kappa shape index (κ1) is 9.57. The molecule has 0 aromatic rings. The Morgan fingerprint density at radius 2 is 2.00 bits per heavy atom. The summed E-state index contributed by atoms with van der Waals surface area (Å²) < 4.78 is 0. The van der Waals surface area contributed by atoms with Crippen molar-refractivity contribution in [2.24, 2.45) is 11.8 Å². The van der Waals surface area contributed by atoms with Crippen molar-refractivity contribution in [3.05, 3.63) is 0 Å². The van der Waals surface area contributed by atoms with Gasteiger partial charge in [0.05, 0.1) is 0 Å². The summed E-state index contributed by atoms with van der Waals surface area (Å²) in [5, 5.41) is 0. The lowest BCUT2D eigenvalue weighted by atomic mass is 9.76. The molecule has 0 spiro atoms. The minimum Gasteiger partial charge on any atom is -0.0891 e. The van der Waals surface area contributed by atoms with E-state index in [1.807, 2.05) is 0 Å². The van der Waals surface area contributed by atoms with Crippen LogP contribution in [0.25, 0.3) is 0 Å². The lowest BCUT2D eigenvalue weighted by Crippen LogP contribution is -2.24. The third kappa shape index (κ3) is 2.47. The zero-order valence-corrected chi connectivity index (χ0v) is 9.23. The highest BCUT2D eigenvalue weighted by molar-refractivity contribution is 9.09. The first-order valence-corrected chi connectivity index (χ1v) is 5.81. The van der Waals surface area contributed by atoms with Crippen LogP contribution in [0.4, 0.5) is 0 Å². The van der Waals surface area contributed by atoms with Gasteiger partial charge in [-0.1, -0.05) is 55.5 Å². The fourth-order valence-corrected chi connectivity index (χ4v) is 3.04. The number of hydrogen-bond donors (Lipinski definition) is 0. The number of hydrogen-bond acceptors (Lipinski definition) is 0. The van der Waals surface area contributed by atoms with Gasteiger partial charge < -0.3 is 0 Å². The maximum absolute atomic E-state index is 3.72. The molecule has 1 rings (SSSR count). The van der Waals surface area contributed by atoms with Crippen molar-refractivity contribution < 1.29 is 0 Å². The van der Waals surface area contributed by atoms with E-state index in [0.29, 0.717) is 0 Å². The average Bonchev–Trinajstić information content (AvgIpc) is 2.04. The first-order chi connectivity index (χ1) is 5.25. The van der Waals surface area contributed by atoms with Crippen LogP contribution in [0.1, 0.15) is 46.0 Å². The van der Waals surface area contributed by atoms with Crippen molar-refractivity contribution in [1.82, 2.24) is 0 Å². The van der Waals surface area contributed by atoms with Crippen molar-refractivity contribution in [3.8, 4) is 0 Å². The van der Waals surface area contributed by atoms with Gasteiger partial charge in [-0.2, -0.15) is 0 Å². The van der Waals surface area contributed by atoms with Crippen molar-refractivity contribution in [2.75, 3.05) is 0 Å². The topological polar surface area (TPSA) is 0 Å². The van der Waals surface area contributed by atoms with E-state index in [0.717, 1.165) is 16.7 Å². The summed E-state index contributed by atoms with van der Waals surface area (Å²) in [4.78, 5) is 0.729. The fourth-order valence-electron chi connectivity index (χ4n) is 2.35. The van der Waals surface area contributed by atoms with Crippen molar-refractivity contribution >= 4 is 15.9 Å². The van der Waals surface area contributed by atoms with E-state index in [1.165, 1.54) is 32.1 Å². The Balaban J connectivity index is 2.44. The Morgan fingerprint density at radius 1 is 1.36 bits per heavy atom. The van der Waals surface area contributed by atoms with E-state index < -0.39 is 0 Å². The lowest BCUT2D eigenvalue weighted by Gasteiger charge is -2.32. The predicted molar refractivity (Wildman–Crippen MR) is 54.1 cm³/mol. The Morgan fingerprint density at radius 3 is 2.45 bits per heavy atom. The lowest BCUT2D eigenvalue weighted by molar-refractivity contribution is 0.232. The molecule has 0 aromatic heterocycles. The standard InChI is InChI=1S/C10H19Br/c1-3-9-6-4-5-7-10(9)8(2)11/h8-10H,3-7H2,1-2H3. The third-order valence-electron chi connectivity index (χ3n) is 3.08. The van der Waals surface area contributed by atoms with Crippen LogP contribution in [0.15, 0.2) is 0 Å². The number of alkyl halides is 1. The maximum Gasteiger partial charge on any atom is 0.0148 e.